The first-order valence-corrected chi connectivity index (χ1v) is 5.60. The molecule has 1 aliphatic heterocycles. The number of halogens is 1. The van der Waals surface area contributed by atoms with Gasteiger partial charge in [0, 0.05) is 24.8 Å². The summed E-state index contributed by atoms with van der Waals surface area (Å²) in [7, 11) is 0. The molecule has 0 amide bonds. The van der Waals surface area contributed by atoms with Crippen LogP contribution in [0, 0.1) is 0 Å². The molecule has 1 fully saturated rings. The highest BCUT2D eigenvalue weighted by molar-refractivity contribution is 9.10. The van der Waals surface area contributed by atoms with Crippen LogP contribution < -0.4 is 5.32 Å². The normalized spacial score (nSPS) is 17.8. The van der Waals surface area contributed by atoms with Crippen LogP contribution >= 0.6 is 15.9 Å². The molecule has 5 nitrogen and oxygen atoms in total. The van der Waals surface area contributed by atoms with Crippen LogP contribution in [0.15, 0.2) is 22.9 Å². The summed E-state index contributed by atoms with van der Waals surface area (Å²) in [6.07, 6.45) is 1.70. The summed E-state index contributed by atoms with van der Waals surface area (Å²) in [6.45, 7) is 0.935. The first-order valence-electron chi connectivity index (χ1n) is 4.81. The number of pyridine rings is 1. The van der Waals surface area contributed by atoms with E-state index in [0.717, 1.165) is 10.2 Å². The Labute approximate surface area is 101 Å². The molecule has 86 valence electrons. The Morgan fingerprint density at radius 1 is 1.62 bits per heavy atom. The fourth-order valence-electron chi connectivity index (χ4n) is 1.59. The maximum atomic E-state index is 10.5. The second-order valence-corrected chi connectivity index (χ2v) is 4.46. The summed E-state index contributed by atoms with van der Waals surface area (Å²) in [4.78, 5) is 14.6. The molecule has 0 saturated carbocycles. The van der Waals surface area contributed by atoms with Crippen LogP contribution in [0.3, 0.4) is 0 Å². The smallest absolute Gasteiger partial charge is 0.329 e. The van der Waals surface area contributed by atoms with Gasteiger partial charge in [-0.25, -0.2) is 9.78 Å². The van der Waals surface area contributed by atoms with Gasteiger partial charge in [0.15, 0.2) is 0 Å². The number of ether oxygens (including phenoxy) is 1. The highest BCUT2D eigenvalue weighted by Gasteiger charge is 2.40. The highest BCUT2D eigenvalue weighted by Crippen LogP contribution is 2.29. The van der Waals surface area contributed by atoms with Crippen LogP contribution in [0.4, 0.5) is 0 Å². The van der Waals surface area contributed by atoms with Crippen molar-refractivity contribution >= 4 is 21.9 Å². The molecule has 6 heteroatoms. The van der Waals surface area contributed by atoms with Gasteiger partial charge < -0.3 is 15.2 Å². The minimum atomic E-state index is -0.962. The van der Waals surface area contributed by atoms with Crippen molar-refractivity contribution in [2.24, 2.45) is 0 Å². The van der Waals surface area contributed by atoms with Gasteiger partial charge >= 0.3 is 5.97 Å². The number of carbonyl (C=O) groups is 1. The van der Waals surface area contributed by atoms with Crippen molar-refractivity contribution in [3.05, 3.63) is 28.5 Å². The van der Waals surface area contributed by atoms with Crippen LogP contribution in [-0.4, -0.2) is 35.8 Å². The molecule has 2 heterocycles. The van der Waals surface area contributed by atoms with E-state index in [9.17, 15) is 4.79 Å². The molecule has 1 aromatic heterocycles. The molecule has 2 rings (SSSR count). The Kier molecular flexibility index (Phi) is 3.22. The van der Waals surface area contributed by atoms with Crippen molar-refractivity contribution in [2.75, 3.05) is 19.7 Å². The SMILES string of the molecule is O=C(O)COC1(c2ccc(Br)nc2)CNC1. The van der Waals surface area contributed by atoms with Gasteiger partial charge in [0.05, 0.1) is 0 Å². The van der Waals surface area contributed by atoms with Gasteiger partial charge in [-0.1, -0.05) is 6.07 Å². The van der Waals surface area contributed by atoms with Gasteiger partial charge in [0.25, 0.3) is 0 Å². The van der Waals surface area contributed by atoms with E-state index in [-0.39, 0.29) is 6.61 Å². The molecule has 1 saturated heterocycles. The van der Waals surface area contributed by atoms with Crippen molar-refractivity contribution in [1.82, 2.24) is 10.3 Å². The molecule has 0 spiro atoms. The number of hydrogen-bond donors (Lipinski definition) is 2. The highest BCUT2D eigenvalue weighted by atomic mass is 79.9. The third-order valence-corrected chi connectivity index (χ3v) is 3.02. The van der Waals surface area contributed by atoms with Crippen LogP contribution in [0.25, 0.3) is 0 Å². The minimum Gasteiger partial charge on any atom is -0.480 e. The van der Waals surface area contributed by atoms with Crippen molar-refractivity contribution in [3.8, 4) is 0 Å². The molecule has 0 unspecified atom stereocenters. The number of aromatic nitrogens is 1. The number of carboxylic acid groups (broad SMARTS) is 1. The fraction of sp³-hybridized carbons (Fsp3) is 0.400. The molecule has 0 atom stereocenters. The molecule has 0 radical (unpaired) electrons. The predicted octanol–water partition coefficient (Wildman–Crippen LogP) is 0.744. The summed E-state index contributed by atoms with van der Waals surface area (Å²) >= 11 is 3.25. The largest absolute Gasteiger partial charge is 0.480 e. The number of hydrogen-bond acceptors (Lipinski definition) is 4. The second kappa shape index (κ2) is 4.48. The second-order valence-electron chi connectivity index (χ2n) is 3.65. The standard InChI is InChI=1S/C10H11BrN2O3/c11-8-2-1-7(3-13-8)10(5-12-6-10)16-4-9(14)15/h1-3,12H,4-6H2,(H,14,15). The first-order chi connectivity index (χ1) is 7.62. The number of aliphatic carboxylic acids is 1. The van der Waals surface area contributed by atoms with E-state index in [0.29, 0.717) is 13.1 Å². The molecule has 1 aromatic rings. The monoisotopic (exact) mass is 286 g/mol. The van der Waals surface area contributed by atoms with Crippen molar-refractivity contribution in [2.45, 2.75) is 5.60 Å². The molecule has 2 N–H and O–H groups in total. The molecule has 16 heavy (non-hydrogen) atoms. The van der Waals surface area contributed by atoms with Crippen molar-refractivity contribution < 1.29 is 14.6 Å². The average Bonchev–Trinajstić information content (AvgIpc) is 2.18. The maximum Gasteiger partial charge on any atom is 0.329 e. The van der Waals surface area contributed by atoms with Crippen LogP contribution in [0.5, 0.6) is 0 Å². The van der Waals surface area contributed by atoms with E-state index in [2.05, 4.69) is 26.2 Å². The van der Waals surface area contributed by atoms with Crippen LogP contribution in [0.1, 0.15) is 5.56 Å². The lowest BCUT2D eigenvalue weighted by Gasteiger charge is -2.42. The quantitative estimate of drug-likeness (QED) is 0.799. The van der Waals surface area contributed by atoms with E-state index < -0.39 is 11.6 Å². The summed E-state index contributed by atoms with van der Waals surface area (Å²) < 4.78 is 6.18. The fourth-order valence-corrected chi connectivity index (χ4v) is 1.82. The summed E-state index contributed by atoms with van der Waals surface area (Å²) in [5.41, 5.74) is 0.363. The Balaban J connectivity index is 2.14. The Hall–Kier alpha value is -0.980. The van der Waals surface area contributed by atoms with E-state index in [1.54, 1.807) is 6.20 Å². The van der Waals surface area contributed by atoms with Crippen LogP contribution in [-0.2, 0) is 15.1 Å². The van der Waals surface area contributed by atoms with Gasteiger partial charge in [-0.3, -0.25) is 0 Å². The van der Waals surface area contributed by atoms with Gasteiger partial charge in [-0.2, -0.15) is 0 Å². The number of rotatable bonds is 4. The summed E-state index contributed by atoms with van der Waals surface area (Å²) in [5.74, 6) is -0.962. The molecule has 0 aliphatic carbocycles. The average molecular weight is 287 g/mol. The van der Waals surface area contributed by atoms with E-state index in [1.165, 1.54) is 0 Å². The lowest BCUT2D eigenvalue weighted by molar-refractivity contribution is -0.155. The maximum absolute atomic E-state index is 10.5. The van der Waals surface area contributed by atoms with Gasteiger partial charge in [-0.15, -0.1) is 0 Å². The van der Waals surface area contributed by atoms with E-state index in [4.69, 9.17) is 9.84 Å². The Morgan fingerprint density at radius 2 is 2.38 bits per heavy atom. The zero-order chi connectivity index (χ0) is 11.6. The number of carboxylic acids is 1. The van der Waals surface area contributed by atoms with Gasteiger partial charge in [0.2, 0.25) is 0 Å². The van der Waals surface area contributed by atoms with Crippen LogP contribution in [0.2, 0.25) is 0 Å². The van der Waals surface area contributed by atoms with Gasteiger partial charge in [-0.05, 0) is 22.0 Å². The Morgan fingerprint density at radius 3 is 2.81 bits per heavy atom. The lowest BCUT2D eigenvalue weighted by atomic mass is 9.89. The topological polar surface area (TPSA) is 71.5 Å². The molecular weight excluding hydrogens is 276 g/mol. The summed E-state index contributed by atoms with van der Waals surface area (Å²) in [6, 6.07) is 3.71. The minimum absolute atomic E-state index is 0.294. The third kappa shape index (κ3) is 2.23. The summed E-state index contributed by atoms with van der Waals surface area (Å²) in [5, 5.41) is 11.7. The number of nitrogens with one attached hydrogen (secondary N) is 1. The third-order valence-electron chi connectivity index (χ3n) is 2.55. The van der Waals surface area contributed by atoms with Crippen molar-refractivity contribution in [3.63, 3.8) is 0 Å². The molecular formula is C10H11BrN2O3. The zero-order valence-corrected chi connectivity index (χ0v) is 10.0. The Bertz CT molecular complexity index is 390. The molecule has 0 bridgehead atoms. The predicted molar refractivity (Wildman–Crippen MR) is 60.1 cm³/mol. The van der Waals surface area contributed by atoms with Crippen molar-refractivity contribution in [1.29, 1.82) is 0 Å². The zero-order valence-electron chi connectivity index (χ0n) is 8.44. The van der Waals surface area contributed by atoms with E-state index >= 15 is 0 Å². The van der Waals surface area contributed by atoms with Gasteiger partial charge in [0.1, 0.15) is 16.8 Å². The molecule has 0 aromatic carbocycles. The lowest BCUT2D eigenvalue weighted by Crippen LogP contribution is -2.59. The first kappa shape index (κ1) is 11.5. The molecule has 1 aliphatic rings. The number of nitrogens with zero attached hydrogens (tertiary/aromatic N) is 1. The van der Waals surface area contributed by atoms with E-state index in [1.807, 2.05) is 12.1 Å².